The maximum Gasteiger partial charge on any atom is 0.0247 e. The summed E-state index contributed by atoms with van der Waals surface area (Å²) in [5, 5.41) is 2.49. The third-order valence-corrected chi connectivity index (χ3v) is 6.05. The lowest BCUT2D eigenvalue weighted by Gasteiger charge is -2.03. The van der Waals surface area contributed by atoms with Crippen molar-refractivity contribution in [2.45, 2.75) is 0 Å². The first-order valence-corrected chi connectivity index (χ1v) is 10.7. The van der Waals surface area contributed by atoms with Crippen LogP contribution < -0.4 is 0 Å². The normalized spacial score (nSPS) is 11.6. The lowest BCUT2D eigenvalue weighted by atomic mass is 10.0. The summed E-state index contributed by atoms with van der Waals surface area (Å²) in [6.45, 7) is 0. The lowest BCUT2D eigenvalue weighted by Crippen LogP contribution is -1.79. The second kappa shape index (κ2) is 8.72. The van der Waals surface area contributed by atoms with E-state index in [1.807, 2.05) is 24.3 Å². The molecule has 0 heterocycles. The van der Waals surface area contributed by atoms with Crippen LogP contribution >= 0.6 is 31.9 Å². The maximum atomic E-state index is 3.59. The predicted octanol–water partition coefficient (Wildman–Crippen LogP) is 8.71. The smallest absolute Gasteiger partial charge is 0.0247 e. The van der Waals surface area contributed by atoms with Crippen LogP contribution in [0.3, 0.4) is 0 Å². The van der Waals surface area contributed by atoms with Crippen molar-refractivity contribution in [2.24, 2.45) is 0 Å². The zero-order valence-electron chi connectivity index (χ0n) is 15.1. The molecule has 0 aromatic heterocycles. The molecule has 0 saturated carbocycles. The van der Waals surface area contributed by atoms with Gasteiger partial charge in [-0.05, 0) is 57.3 Å². The minimum atomic E-state index is 1.11. The van der Waals surface area contributed by atoms with Crippen molar-refractivity contribution in [3.63, 3.8) is 0 Å². The van der Waals surface area contributed by atoms with Crippen LogP contribution in [0, 0.1) is 0 Å². The van der Waals surface area contributed by atoms with Gasteiger partial charge in [0, 0.05) is 8.95 Å². The quantitative estimate of drug-likeness (QED) is 0.251. The van der Waals surface area contributed by atoms with E-state index in [9.17, 15) is 0 Å². The molecule has 2 heteroatoms. The van der Waals surface area contributed by atoms with E-state index in [0.717, 1.165) is 8.95 Å². The van der Waals surface area contributed by atoms with Gasteiger partial charge in [0.1, 0.15) is 0 Å². The molecule has 4 rings (SSSR count). The Morgan fingerprint density at radius 1 is 0.464 bits per heavy atom. The van der Waals surface area contributed by atoms with Crippen LogP contribution in [0.5, 0.6) is 0 Å². The van der Waals surface area contributed by atoms with E-state index in [2.05, 4.69) is 117 Å². The predicted molar refractivity (Wildman–Crippen MR) is 130 cm³/mol. The molecule has 0 aliphatic carbocycles. The third-order valence-electron chi connectivity index (χ3n) is 4.61. The number of rotatable bonds is 4. The van der Waals surface area contributed by atoms with Gasteiger partial charge in [-0.2, -0.15) is 0 Å². The van der Waals surface area contributed by atoms with Gasteiger partial charge < -0.3 is 0 Å². The fourth-order valence-corrected chi connectivity index (χ4v) is 3.92. The van der Waals surface area contributed by atoms with Crippen molar-refractivity contribution in [3.05, 3.63) is 116 Å². The van der Waals surface area contributed by atoms with Crippen LogP contribution in [0.4, 0.5) is 0 Å². The average molecular weight is 490 g/mol. The van der Waals surface area contributed by atoms with Crippen molar-refractivity contribution >= 4 is 66.9 Å². The molecule has 0 aliphatic heterocycles. The highest BCUT2D eigenvalue weighted by atomic mass is 79.9. The summed E-state index contributed by atoms with van der Waals surface area (Å²) in [6, 6.07) is 29.6. The Morgan fingerprint density at radius 3 is 1.32 bits per heavy atom. The first-order chi connectivity index (χ1) is 13.7. The van der Waals surface area contributed by atoms with Gasteiger partial charge in [0.2, 0.25) is 0 Å². The molecule has 0 N–H and O–H groups in total. The van der Waals surface area contributed by atoms with Crippen LogP contribution in [-0.4, -0.2) is 0 Å². The van der Waals surface area contributed by atoms with E-state index < -0.39 is 0 Å². The molecule has 0 unspecified atom stereocenters. The summed E-state index contributed by atoms with van der Waals surface area (Å²) in [4.78, 5) is 0. The molecular weight excluding hydrogens is 472 g/mol. The summed E-state index contributed by atoms with van der Waals surface area (Å²) >= 11 is 7.19. The Bertz CT molecular complexity index is 1090. The summed E-state index contributed by atoms with van der Waals surface area (Å²) in [6.07, 6.45) is 8.58. The molecular formula is C26H18Br2. The summed E-state index contributed by atoms with van der Waals surface area (Å²) in [5.41, 5.74) is 4.74. The molecule has 0 atom stereocenters. The number of benzene rings is 4. The maximum absolute atomic E-state index is 3.59. The van der Waals surface area contributed by atoms with Crippen molar-refractivity contribution in [1.82, 2.24) is 0 Å². The van der Waals surface area contributed by atoms with E-state index in [-0.39, 0.29) is 0 Å². The lowest BCUT2D eigenvalue weighted by molar-refractivity contribution is 1.60. The Kier molecular flexibility index (Phi) is 5.90. The van der Waals surface area contributed by atoms with Gasteiger partial charge in [-0.3, -0.25) is 0 Å². The Morgan fingerprint density at radius 2 is 0.893 bits per heavy atom. The van der Waals surface area contributed by atoms with Crippen LogP contribution in [0.2, 0.25) is 0 Å². The van der Waals surface area contributed by atoms with Crippen LogP contribution in [0.15, 0.2) is 93.9 Å². The monoisotopic (exact) mass is 488 g/mol. The summed E-state index contributed by atoms with van der Waals surface area (Å²) in [5.74, 6) is 0. The minimum absolute atomic E-state index is 1.11. The fraction of sp³-hybridized carbons (Fsp3) is 0. The highest BCUT2D eigenvalue weighted by Crippen LogP contribution is 2.23. The molecule has 28 heavy (non-hydrogen) atoms. The molecule has 0 spiro atoms. The number of hydrogen-bond donors (Lipinski definition) is 0. The van der Waals surface area contributed by atoms with Gasteiger partial charge >= 0.3 is 0 Å². The van der Waals surface area contributed by atoms with Crippen molar-refractivity contribution in [3.8, 4) is 0 Å². The standard InChI is InChI=1S/C26H18Br2/c27-25-7-3-1-5-21(25)13-9-19-11-15-24-18-20(12-16-23(24)17-19)10-14-22-6-2-4-8-26(22)28/h1-18H/b13-9+,14-10+. The van der Waals surface area contributed by atoms with Crippen molar-refractivity contribution < 1.29 is 0 Å². The Labute approximate surface area is 182 Å². The van der Waals surface area contributed by atoms with Gasteiger partial charge in [0.15, 0.2) is 0 Å². The molecule has 136 valence electrons. The zero-order chi connectivity index (χ0) is 19.3. The van der Waals surface area contributed by atoms with E-state index in [0.29, 0.717) is 0 Å². The second-order valence-corrected chi connectivity index (χ2v) is 8.28. The first-order valence-electron chi connectivity index (χ1n) is 9.08. The summed E-state index contributed by atoms with van der Waals surface area (Å²) in [7, 11) is 0. The van der Waals surface area contributed by atoms with Gasteiger partial charge in [0.05, 0.1) is 0 Å². The largest absolute Gasteiger partial charge is 0.0616 e. The van der Waals surface area contributed by atoms with Gasteiger partial charge in [0.25, 0.3) is 0 Å². The molecule has 0 aliphatic rings. The number of fused-ring (bicyclic) bond motifs is 1. The van der Waals surface area contributed by atoms with E-state index in [4.69, 9.17) is 0 Å². The second-order valence-electron chi connectivity index (χ2n) is 6.58. The Hall–Kier alpha value is -2.42. The third kappa shape index (κ3) is 4.52. The molecule has 0 saturated heterocycles. The molecule has 4 aromatic carbocycles. The molecule has 0 bridgehead atoms. The highest BCUT2D eigenvalue weighted by Gasteiger charge is 1.98. The highest BCUT2D eigenvalue weighted by molar-refractivity contribution is 9.10. The number of halogens is 2. The number of hydrogen-bond acceptors (Lipinski definition) is 0. The van der Waals surface area contributed by atoms with Gasteiger partial charge in [-0.25, -0.2) is 0 Å². The van der Waals surface area contributed by atoms with Crippen LogP contribution in [0.1, 0.15) is 22.3 Å². The van der Waals surface area contributed by atoms with Crippen molar-refractivity contribution in [1.29, 1.82) is 0 Å². The van der Waals surface area contributed by atoms with Crippen molar-refractivity contribution in [2.75, 3.05) is 0 Å². The van der Waals surface area contributed by atoms with Gasteiger partial charge in [-0.15, -0.1) is 0 Å². The first kappa shape index (κ1) is 18.9. The molecule has 0 amide bonds. The van der Waals surface area contributed by atoms with Crippen LogP contribution in [-0.2, 0) is 0 Å². The molecule has 0 nitrogen and oxygen atoms in total. The van der Waals surface area contributed by atoms with E-state index in [1.54, 1.807) is 0 Å². The van der Waals surface area contributed by atoms with Gasteiger partial charge in [-0.1, -0.05) is 117 Å². The van der Waals surface area contributed by atoms with Crippen LogP contribution in [0.25, 0.3) is 35.1 Å². The molecule has 0 fully saturated rings. The Balaban J connectivity index is 1.58. The minimum Gasteiger partial charge on any atom is -0.0616 e. The average Bonchev–Trinajstić information content (AvgIpc) is 2.72. The fourth-order valence-electron chi connectivity index (χ4n) is 3.08. The van der Waals surface area contributed by atoms with E-state index in [1.165, 1.54) is 33.0 Å². The van der Waals surface area contributed by atoms with E-state index >= 15 is 0 Å². The molecule has 4 aromatic rings. The molecule has 0 radical (unpaired) electrons. The topological polar surface area (TPSA) is 0 Å². The summed E-state index contributed by atoms with van der Waals surface area (Å²) < 4.78 is 2.21. The SMILES string of the molecule is Brc1ccccc1/C=C/c1ccc2cc(/C=C/c3ccccc3Br)ccc2c1. The zero-order valence-corrected chi connectivity index (χ0v) is 18.3.